The van der Waals surface area contributed by atoms with Gasteiger partial charge in [-0.1, -0.05) is 5.21 Å². The fourth-order valence-corrected chi connectivity index (χ4v) is 4.40. The van der Waals surface area contributed by atoms with Gasteiger partial charge in [-0.05, 0) is 37.2 Å². The first-order chi connectivity index (χ1) is 13.9. The van der Waals surface area contributed by atoms with Crippen LogP contribution in [0, 0.1) is 5.41 Å². The normalized spacial score (nSPS) is 20.2. The number of pyridine rings is 1. The first-order valence-corrected chi connectivity index (χ1v) is 9.86. The van der Waals surface area contributed by atoms with Gasteiger partial charge in [0.05, 0.1) is 24.9 Å². The van der Waals surface area contributed by atoms with Crippen LogP contribution in [0.5, 0.6) is 5.88 Å². The lowest BCUT2D eigenvalue weighted by atomic mass is 9.59. The molecule has 1 aliphatic carbocycles. The van der Waals surface area contributed by atoms with E-state index in [-0.39, 0.29) is 23.3 Å². The van der Waals surface area contributed by atoms with Gasteiger partial charge in [0.2, 0.25) is 5.88 Å². The summed E-state index contributed by atoms with van der Waals surface area (Å²) in [6.07, 6.45) is 7.30. The molecule has 1 saturated heterocycles. The van der Waals surface area contributed by atoms with Gasteiger partial charge in [0.15, 0.2) is 5.69 Å². The number of ether oxygens (including phenoxy) is 1. The Bertz CT molecular complexity index is 899. The van der Waals surface area contributed by atoms with E-state index in [0.717, 1.165) is 25.7 Å². The first-order valence-electron chi connectivity index (χ1n) is 9.86. The SMILES string of the molecule is COc1ccc(C(=O)N2CCC3(CCC3n3cc(C(=O)N(C)C)nn3)CC2)cn1. The molecule has 2 aromatic rings. The molecule has 2 aliphatic rings. The Hall–Kier alpha value is -2.97. The molecule has 2 amide bonds. The first kappa shape index (κ1) is 19.4. The van der Waals surface area contributed by atoms with Crippen molar-refractivity contribution in [3.63, 3.8) is 0 Å². The van der Waals surface area contributed by atoms with Gasteiger partial charge in [-0.15, -0.1) is 5.10 Å². The summed E-state index contributed by atoms with van der Waals surface area (Å²) >= 11 is 0. The summed E-state index contributed by atoms with van der Waals surface area (Å²) in [5, 5.41) is 8.28. The molecule has 0 N–H and O–H groups in total. The lowest BCUT2D eigenvalue weighted by Gasteiger charge is -2.53. The van der Waals surface area contributed by atoms with Crippen LogP contribution in [0.1, 0.15) is 52.6 Å². The highest BCUT2D eigenvalue weighted by molar-refractivity contribution is 5.94. The van der Waals surface area contributed by atoms with Crippen LogP contribution in [-0.4, -0.2) is 75.9 Å². The molecule has 9 nitrogen and oxygen atoms in total. The molecule has 1 unspecified atom stereocenters. The Kier molecular flexibility index (Phi) is 4.97. The molecule has 1 atom stereocenters. The molecule has 2 aromatic heterocycles. The molecule has 2 fully saturated rings. The van der Waals surface area contributed by atoms with Gasteiger partial charge in [0.1, 0.15) is 0 Å². The molecule has 154 valence electrons. The quantitative estimate of drug-likeness (QED) is 0.777. The average molecular weight is 398 g/mol. The number of carbonyl (C=O) groups is 2. The number of aromatic nitrogens is 4. The van der Waals surface area contributed by atoms with Crippen molar-refractivity contribution in [3.8, 4) is 5.88 Å². The van der Waals surface area contributed by atoms with Crippen LogP contribution in [0.25, 0.3) is 0 Å². The van der Waals surface area contributed by atoms with E-state index in [2.05, 4.69) is 15.3 Å². The van der Waals surface area contributed by atoms with E-state index < -0.39 is 0 Å². The number of hydrogen-bond donors (Lipinski definition) is 0. The van der Waals surface area contributed by atoms with Gasteiger partial charge in [0.25, 0.3) is 11.8 Å². The second-order valence-electron chi connectivity index (χ2n) is 8.08. The van der Waals surface area contributed by atoms with E-state index in [0.29, 0.717) is 30.2 Å². The summed E-state index contributed by atoms with van der Waals surface area (Å²) in [6.45, 7) is 1.42. The minimum absolute atomic E-state index is 0.00509. The maximum Gasteiger partial charge on any atom is 0.275 e. The highest BCUT2D eigenvalue weighted by Crippen LogP contribution is 2.56. The van der Waals surface area contributed by atoms with Gasteiger partial charge in [-0.3, -0.25) is 9.59 Å². The minimum Gasteiger partial charge on any atom is -0.481 e. The molecule has 0 radical (unpaired) electrons. The van der Waals surface area contributed by atoms with Crippen LogP contribution in [0.4, 0.5) is 0 Å². The predicted octanol–water partition coefficient (Wildman–Crippen LogP) is 1.64. The lowest BCUT2D eigenvalue weighted by molar-refractivity contribution is -0.0268. The number of likely N-dealkylation sites (tertiary alicyclic amines) is 1. The summed E-state index contributed by atoms with van der Waals surface area (Å²) in [4.78, 5) is 32.4. The zero-order chi connectivity index (χ0) is 20.6. The number of piperidine rings is 1. The molecule has 3 heterocycles. The van der Waals surface area contributed by atoms with Crippen molar-refractivity contribution in [2.45, 2.75) is 31.7 Å². The molecule has 0 aromatic carbocycles. The van der Waals surface area contributed by atoms with Gasteiger partial charge in [0, 0.05) is 39.4 Å². The largest absolute Gasteiger partial charge is 0.481 e. The molecule has 29 heavy (non-hydrogen) atoms. The third-order valence-corrected chi connectivity index (χ3v) is 6.32. The zero-order valence-electron chi connectivity index (χ0n) is 17.0. The summed E-state index contributed by atoms with van der Waals surface area (Å²) in [6, 6.07) is 3.69. The summed E-state index contributed by atoms with van der Waals surface area (Å²) in [7, 11) is 4.96. The van der Waals surface area contributed by atoms with Crippen LogP contribution in [0.15, 0.2) is 24.5 Å². The van der Waals surface area contributed by atoms with Crippen molar-refractivity contribution < 1.29 is 14.3 Å². The maximum atomic E-state index is 12.8. The number of nitrogens with zero attached hydrogens (tertiary/aromatic N) is 6. The van der Waals surface area contributed by atoms with Gasteiger partial charge >= 0.3 is 0 Å². The van der Waals surface area contributed by atoms with Crippen LogP contribution in [0.2, 0.25) is 0 Å². The third kappa shape index (κ3) is 3.45. The predicted molar refractivity (Wildman–Crippen MR) is 105 cm³/mol. The molecule has 4 rings (SSSR count). The Balaban J connectivity index is 1.41. The fourth-order valence-electron chi connectivity index (χ4n) is 4.40. The number of carbonyl (C=O) groups excluding carboxylic acids is 2. The number of rotatable bonds is 4. The van der Waals surface area contributed by atoms with Crippen LogP contribution in [0.3, 0.4) is 0 Å². The van der Waals surface area contributed by atoms with Crippen molar-refractivity contribution in [1.29, 1.82) is 0 Å². The lowest BCUT2D eigenvalue weighted by Crippen LogP contribution is -2.51. The number of methoxy groups -OCH3 is 1. The Morgan fingerprint density at radius 1 is 1.21 bits per heavy atom. The van der Waals surface area contributed by atoms with Gasteiger partial charge < -0.3 is 14.5 Å². The van der Waals surface area contributed by atoms with E-state index in [1.807, 2.05) is 9.58 Å². The molecular formula is C20H26N6O3. The second kappa shape index (κ2) is 7.46. The van der Waals surface area contributed by atoms with Crippen LogP contribution < -0.4 is 4.74 Å². The third-order valence-electron chi connectivity index (χ3n) is 6.32. The fraction of sp³-hybridized carbons (Fsp3) is 0.550. The van der Waals surface area contributed by atoms with Crippen LogP contribution in [-0.2, 0) is 0 Å². The minimum atomic E-state index is -0.141. The maximum absolute atomic E-state index is 12.8. The Morgan fingerprint density at radius 2 is 1.97 bits per heavy atom. The molecular weight excluding hydrogens is 372 g/mol. The van der Waals surface area contributed by atoms with Crippen molar-refractivity contribution in [3.05, 3.63) is 35.8 Å². The summed E-state index contributed by atoms with van der Waals surface area (Å²) in [5.41, 5.74) is 1.08. The van der Waals surface area contributed by atoms with E-state index in [9.17, 15) is 9.59 Å². The molecule has 0 bridgehead atoms. The van der Waals surface area contributed by atoms with Crippen molar-refractivity contribution in [1.82, 2.24) is 29.8 Å². The zero-order valence-corrected chi connectivity index (χ0v) is 17.0. The Morgan fingerprint density at radius 3 is 2.52 bits per heavy atom. The smallest absolute Gasteiger partial charge is 0.275 e. The van der Waals surface area contributed by atoms with E-state index in [4.69, 9.17) is 4.74 Å². The highest BCUT2D eigenvalue weighted by Gasteiger charge is 2.50. The van der Waals surface area contributed by atoms with Crippen molar-refractivity contribution >= 4 is 11.8 Å². The Labute approximate surface area is 169 Å². The van der Waals surface area contributed by atoms with E-state index in [1.54, 1.807) is 45.7 Å². The van der Waals surface area contributed by atoms with Gasteiger partial charge in [-0.2, -0.15) is 0 Å². The number of amides is 2. The van der Waals surface area contributed by atoms with Gasteiger partial charge in [-0.25, -0.2) is 9.67 Å². The second-order valence-corrected chi connectivity index (χ2v) is 8.08. The summed E-state index contributed by atoms with van der Waals surface area (Å²) < 4.78 is 6.91. The molecule has 1 spiro atoms. The topological polar surface area (TPSA) is 93.5 Å². The monoisotopic (exact) mass is 398 g/mol. The van der Waals surface area contributed by atoms with Crippen LogP contribution >= 0.6 is 0 Å². The van der Waals surface area contributed by atoms with E-state index in [1.165, 1.54) is 4.90 Å². The van der Waals surface area contributed by atoms with Crippen molar-refractivity contribution in [2.75, 3.05) is 34.3 Å². The molecule has 1 aliphatic heterocycles. The average Bonchev–Trinajstić information content (AvgIpc) is 3.21. The molecule has 1 saturated carbocycles. The van der Waals surface area contributed by atoms with E-state index >= 15 is 0 Å². The summed E-state index contributed by atoms with van der Waals surface area (Å²) in [5.74, 6) is 0.361. The number of hydrogen-bond acceptors (Lipinski definition) is 6. The molecule has 9 heteroatoms. The highest BCUT2D eigenvalue weighted by atomic mass is 16.5. The van der Waals surface area contributed by atoms with Crippen molar-refractivity contribution in [2.24, 2.45) is 5.41 Å². The standard InChI is InChI=1S/C20H26N6O3/c1-24(2)19(28)15-13-26(23-22-15)16-6-7-20(16)8-10-25(11-9-20)18(27)14-4-5-17(29-3)21-12-14/h4-5,12-13,16H,6-11H2,1-3H3.